The highest BCUT2D eigenvalue weighted by Crippen LogP contribution is 2.13. The lowest BCUT2D eigenvalue weighted by atomic mass is 10.1. The van der Waals surface area contributed by atoms with Crippen LogP contribution in [0.3, 0.4) is 0 Å². The second kappa shape index (κ2) is 6.50. The second-order valence-electron chi connectivity index (χ2n) is 4.57. The molecule has 2 N–H and O–H groups in total. The first-order valence-electron chi connectivity index (χ1n) is 6.35. The molecular formula is C16H17NO2S. The van der Waals surface area contributed by atoms with Gasteiger partial charge in [-0.1, -0.05) is 66.7 Å². The molecular weight excluding hydrogens is 270 g/mol. The van der Waals surface area contributed by atoms with Gasteiger partial charge in [0, 0.05) is 6.42 Å². The van der Waals surface area contributed by atoms with E-state index in [0.29, 0.717) is 12.8 Å². The first-order valence-corrected chi connectivity index (χ1v) is 7.90. The molecule has 0 unspecified atom stereocenters. The molecule has 4 heteroatoms. The van der Waals surface area contributed by atoms with E-state index >= 15 is 0 Å². The monoisotopic (exact) mass is 287 g/mol. The molecule has 0 saturated heterocycles. The van der Waals surface area contributed by atoms with Crippen LogP contribution in [-0.2, 0) is 22.9 Å². The molecule has 0 aliphatic rings. The smallest absolute Gasteiger partial charge is 0.225 e. The van der Waals surface area contributed by atoms with E-state index in [1.165, 1.54) is 0 Å². The van der Waals surface area contributed by atoms with Crippen LogP contribution in [0.1, 0.15) is 11.1 Å². The maximum atomic E-state index is 11.7. The molecule has 0 aromatic heterocycles. The Labute approximate surface area is 119 Å². The van der Waals surface area contributed by atoms with E-state index in [0.717, 1.165) is 11.1 Å². The van der Waals surface area contributed by atoms with Crippen molar-refractivity contribution in [2.45, 2.75) is 12.8 Å². The van der Waals surface area contributed by atoms with Gasteiger partial charge in [0.05, 0.1) is 4.91 Å². The lowest BCUT2D eigenvalue weighted by Gasteiger charge is -2.06. The predicted octanol–water partition coefficient (Wildman–Crippen LogP) is 2.64. The van der Waals surface area contributed by atoms with E-state index in [1.807, 2.05) is 60.7 Å². The van der Waals surface area contributed by atoms with Crippen LogP contribution in [0.25, 0.3) is 0 Å². The Morgan fingerprint density at radius 1 is 0.900 bits per heavy atom. The Kier molecular flexibility index (Phi) is 4.71. The average Bonchev–Trinajstić information content (AvgIpc) is 2.44. The van der Waals surface area contributed by atoms with Crippen molar-refractivity contribution in [3.63, 3.8) is 0 Å². The molecule has 0 spiro atoms. The molecule has 2 rings (SSSR count). The number of allylic oxidation sites excluding steroid dienone is 2. The molecule has 0 heterocycles. The summed E-state index contributed by atoms with van der Waals surface area (Å²) in [7, 11) is -3.67. The van der Waals surface area contributed by atoms with Gasteiger partial charge in [0.1, 0.15) is 0 Å². The van der Waals surface area contributed by atoms with E-state index < -0.39 is 10.0 Å². The van der Waals surface area contributed by atoms with Gasteiger partial charge in [-0.3, -0.25) is 0 Å². The van der Waals surface area contributed by atoms with Crippen molar-refractivity contribution in [2.75, 3.05) is 0 Å². The Bertz CT molecular complexity index is 677. The molecule has 0 fully saturated rings. The molecule has 0 aliphatic carbocycles. The number of hydrogen-bond acceptors (Lipinski definition) is 2. The van der Waals surface area contributed by atoms with Gasteiger partial charge in [-0.15, -0.1) is 0 Å². The largest absolute Gasteiger partial charge is 0.234 e. The quantitative estimate of drug-likeness (QED) is 0.919. The van der Waals surface area contributed by atoms with Gasteiger partial charge in [-0.25, -0.2) is 13.6 Å². The Hall–Kier alpha value is -1.91. The number of benzene rings is 2. The average molecular weight is 287 g/mol. The van der Waals surface area contributed by atoms with Gasteiger partial charge >= 0.3 is 0 Å². The molecule has 20 heavy (non-hydrogen) atoms. The van der Waals surface area contributed by atoms with E-state index in [2.05, 4.69) is 0 Å². The van der Waals surface area contributed by atoms with Crippen molar-refractivity contribution in [2.24, 2.45) is 5.14 Å². The summed E-state index contributed by atoms with van der Waals surface area (Å²) in [6.45, 7) is 0. The minimum atomic E-state index is -3.67. The number of nitrogens with two attached hydrogens (primary N) is 1. The highest BCUT2D eigenvalue weighted by molar-refractivity contribution is 7.93. The number of hydrogen-bond donors (Lipinski definition) is 1. The maximum absolute atomic E-state index is 11.7. The molecule has 0 radical (unpaired) electrons. The van der Waals surface area contributed by atoms with Crippen LogP contribution in [0.4, 0.5) is 0 Å². The van der Waals surface area contributed by atoms with Crippen LogP contribution in [0.2, 0.25) is 0 Å². The van der Waals surface area contributed by atoms with Crippen LogP contribution in [0, 0.1) is 0 Å². The van der Waals surface area contributed by atoms with E-state index in [9.17, 15) is 8.42 Å². The van der Waals surface area contributed by atoms with Gasteiger partial charge in [0.15, 0.2) is 0 Å². The number of primary sulfonamides is 1. The highest BCUT2D eigenvalue weighted by atomic mass is 32.2. The van der Waals surface area contributed by atoms with Crippen LogP contribution in [0.5, 0.6) is 0 Å². The van der Waals surface area contributed by atoms with Crippen molar-refractivity contribution < 1.29 is 8.42 Å². The lowest BCUT2D eigenvalue weighted by molar-refractivity contribution is 0.602. The normalized spacial score (nSPS) is 12.3. The van der Waals surface area contributed by atoms with E-state index in [1.54, 1.807) is 6.08 Å². The van der Waals surface area contributed by atoms with Crippen molar-refractivity contribution in [3.8, 4) is 0 Å². The molecule has 0 atom stereocenters. The highest BCUT2D eigenvalue weighted by Gasteiger charge is 2.12. The third-order valence-corrected chi connectivity index (χ3v) is 4.04. The van der Waals surface area contributed by atoms with Crippen LogP contribution in [0.15, 0.2) is 71.6 Å². The summed E-state index contributed by atoms with van der Waals surface area (Å²) < 4.78 is 23.3. The topological polar surface area (TPSA) is 60.2 Å². The summed E-state index contributed by atoms with van der Waals surface area (Å²) in [5.74, 6) is 0. The second-order valence-corrected chi connectivity index (χ2v) is 6.18. The molecule has 104 valence electrons. The van der Waals surface area contributed by atoms with E-state index in [4.69, 9.17) is 5.14 Å². The third kappa shape index (κ3) is 4.33. The van der Waals surface area contributed by atoms with Crippen molar-refractivity contribution in [1.29, 1.82) is 0 Å². The number of sulfonamides is 1. The van der Waals surface area contributed by atoms with Gasteiger partial charge in [-0.05, 0) is 17.5 Å². The summed E-state index contributed by atoms with van der Waals surface area (Å²) in [6, 6.07) is 19.1. The van der Waals surface area contributed by atoms with Crippen molar-refractivity contribution in [1.82, 2.24) is 0 Å². The molecule has 2 aromatic rings. The van der Waals surface area contributed by atoms with Gasteiger partial charge in [-0.2, -0.15) is 0 Å². The summed E-state index contributed by atoms with van der Waals surface area (Å²) >= 11 is 0. The summed E-state index contributed by atoms with van der Waals surface area (Å²) in [6.07, 6.45) is 2.57. The zero-order valence-electron chi connectivity index (χ0n) is 11.1. The Morgan fingerprint density at radius 2 is 1.40 bits per heavy atom. The summed E-state index contributed by atoms with van der Waals surface area (Å²) in [5, 5.41) is 5.30. The van der Waals surface area contributed by atoms with Gasteiger partial charge < -0.3 is 0 Å². The molecule has 0 aliphatic heterocycles. The van der Waals surface area contributed by atoms with Crippen molar-refractivity contribution >= 4 is 10.0 Å². The minimum Gasteiger partial charge on any atom is -0.225 e. The molecule has 0 amide bonds. The summed E-state index contributed by atoms with van der Waals surface area (Å²) in [4.78, 5) is 0.257. The Morgan fingerprint density at radius 3 is 1.90 bits per heavy atom. The molecule has 0 bridgehead atoms. The standard InChI is InChI=1S/C16H17NO2S/c17-20(18,19)16(13-15-9-5-2-6-10-15)12-11-14-7-3-1-4-8-14/h1-10,12H,11,13H2,(H2,17,18,19). The Balaban J connectivity index is 2.21. The third-order valence-electron chi connectivity index (χ3n) is 2.99. The fourth-order valence-corrected chi connectivity index (χ4v) is 2.62. The van der Waals surface area contributed by atoms with Crippen molar-refractivity contribution in [3.05, 3.63) is 82.8 Å². The molecule has 3 nitrogen and oxygen atoms in total. The van der Waals surface area contributed by atoms with Crippen LogP contribution >= 0.6 is 0 Å². The molecule has 0 saturated carbocycles. The first-order chi connectivity index (χ1) is 9.55. The van der Waals surface area contributed by atoms with Gasteiger partial charge in [0.2, 0.25) is 10.0 Å². The fraction of sp³-hybridized carbons (Fsp3) is 0.125. The zero-order valence-corrected chi connectivity index (χ0v) is 11.9. The van der Waals surface area contributed by atoms with Crippen LogP contribution < -0.4 is 5.14 Å². The lowest BCUT2D eigenvalue weighted by Crippen LogP contribution is -2.16. The zero-order chi connectivity index (χ0) is 14.4. The van der Waals surface area contributed by atoms with Gasteiger partial charge in [0.25, 0.3) is 0 Å². The van der Waals surface area contributed by atoms with E-state index in [-0.39, 0.29) is 4.91 Å². The summed E-state index contributed by atoms with van der Waals surface area (Å²) in [5.41, 5.74) is 1.99. The fourth-order valence-electron chi connectivity index (χ4n) is 1.93. The first kappa shape index (κ1) is 14.5. The minimum absolute atomic E-state index is 0.257. The predicted molar refractivity (Wildman–Crippen MR) is 81.5 cm³/mol. The van der Waals surface area contributed by atoms with Crippen LogP contribution in [-0.4, -0.2) is 8.42 Å². The number of rotatable bonds is 5. The maximum Gasteiger partial charge on any atom is 0.234 e. The SMILES string of the molecule is NS(=O)(=O)C(=CCc1ccccc1)Cc1ccccc1. The molecule has 2 aromatic carbocycles.